The first-order valence-electron chi connectivity index (χ1n) is 8.85. The van der Waals surface area contributed by atoms with E-state index in [-0.39, 0.29) is 35.8 Å². The summed E-state index contributed by atoms with van der Waals surface area (Å²) in [5, 5.41) is 23.9. The van der Waals surface area contributed by atoms with Crippen LogP contribution in [0.1, 0.15) is 16.1 Å². The average molecular weight is 387 g/mol. The number of aromatic hydroxyl groups is 1. The SMILES string of the molecule is O=C(Cc1ccsc1)N1CC2CN(C(=O)c3ncccc3O)CC2(CO)C1. The fourth-order valence-corrected chi connectivity index (χ4v) is 4.81. The molecule has 8 heteroatoms. The molecule has 0 radical (unpaired) electrons. The van der Waals surface area contributed by atoms with Crippen molar-refractivity contribution in [3.8, 4) is 5.75 Å². The molecule has 142 valence electrons. The van der Waals surface area contributed by atoms with Gasteiger partial charge >= 0.3 is 0 Å². The molecule has 2 aliphatic heterocycles. The highest BCUT2D eigenvalue weighted by Gasteiger charge is 2.54. The van der Waals surface area contributed by atoms with Gasteiger partial charge in [-0.25, -0.2) is 4.98 Å². The third kappa shape index (κ3) is 3.19. The minimum Gasteiger partial charge on any atom is -0.505 e. The number of thiophene rings is 1. The van der Waals surface area contributed by atoms with Gasteiger partial charge in [-0.1, -0.05) is 0 Å². The summed E-state index contributed by atoms with van der Waals surface area (Å²) in [5.41, 5.74) is 0.517. The van der Waals surface area contributed by atoms with Crippen LogP contribution in [0.25, 0.3) is 0 Å². The van der Waals surface area contributed by atoms with Crippen LogP contribution in [0.5, 0.6) is 5.75 Å². The van der Waals surface area contributed by atoms with Crippen LogP contribution in [-0.2, 0) is 11.2 Å². The molecule has 0 spiro atoms. The van der Waals surface area contributed by atoms with Crippen LogP contribution in [0, 0.1) is 11.3 Å². The monoisotopic (exact) mass is 387 g/mol. The molecule has 2 aromatic rings. The van der Waals surface area contributed by atoms with Crippen LogP contribution in [0.4, 0.5) is 0 Å². The number of likely N-dealkylation sites (tertiary alicyclic amines) is 2. The number of hydrogen-bond acceptors (Lipinski definition) is 6. The highest BCUT2D eigenvalue weighted by molar-refractivity contribution is 7.08. The zero-order valence-electron chi connectivity index (χ0n) is 14.7. The highest BCUT2D eigenvalue weighted by atomic mass is 32.1. The molecule has 2 aromatic heterocycles. The molecule has 7 nitrogen and oxygen atoms in total. The Morgan fingerprint density at radius 1 is 1.26 bits per heavy atom. The molecule has 0 saturated carbocycles. The van der Waals surface area contributed by atoms with Crippen molar-refractivity contribution in [1.82, 2.24) is 14.8 Å². The molecule has 2 N–H and O–H groups in total. The zero-order valence-corrected chi connectivity index (χ0v) is 15.6. The maximum atomic E-state index is 12.7. The lowest BCUT2D eigenvalue weighted by atomic mass is 9.82. The lowest BCUT2D eigenvalue weighted by Gasteiger charge is -2.27. The van der Waals surface area contributed by atoms with Gasteiger partial charge in [-0.3, -0.25) is 9.59 Å². The Morgan fingerprint density at radius 2 is 2.04 bits per heavy atom. The summed E-state index contributed by atoms with van der Waals surface area (Å²) >= 11 is 1.57. The van der Waals surface area contributed by atoms with E-state index in [0.29, 0.717) is 32.6 Å². The van der Waals surface area contributed by atoms with Crippen molar-refractivity contribution in [2.75, 3.05) is 32.8 Å². The molecule has 2 saturated heterocycles. The van der Waals surface area contributed by atoms with Crippen molar-refractivity contribution in [2.24, 2.45) is 11.3 Å². The van der Waals surface area contributed by atoms with Crippen LogP contribution in [0.3, 0.4) is 0 Å². The second kappa shape index (κ2) is 6.94. The Morgan fingerprint density at radius 3 is 2.70 bits per heavy atom. The van der Waals surface area contributed by atoms with Gasteiger partial charge in [0.2, 0.25) is 5.91 Å². The molecule has 2 fully saturated rings. The summed E-state index contributed by atoms with van der Waals surface area (Å²) in [6, 6.07) is 4.95. The van der Waals surface area contributed by atoms with Crippen LogP contribution in [-0.4, -0.2) is 69.6 Å². The maximum Gasteiger partial charge on any atom is 0.276 e. The van der Waals surface area contributed by atoms with E-state index in [1.54, 1.807) is 27.2 Å². The zero-order chi connectivity index (χ0) is 19.0. The number of rotatable bonds is 4. The average Bonchev–Trinajstić information content (AvgIpc) is 3.35. The third-order valence-corrected chi connectivity index (χ3v) is 6.37. The van der Waals surface area contributed by atoms with E-state index in [9.17, 15) is 19.8 Å². The Balaban J connectivity index is 1.46. The van der Waals surface area contributed by atoms with Gasteiger partial charge in [0, 0.05) is 43.7 Å². The minimum atomic E-state index is -0.510. The van der Waals surface area contributed by atoms with Gasteiger partial charge in [0.05, 0.1) is 13.0 Å². The molecule has 4 heterocycles. The van der Waals surface area contributed by atoms with E-state index in [2.05, 4.69) is 4.98 Å². The van der Waals surface area contributed by atoms with E-state index in [0.717, 1.165) is 5.56 Å². The Bertz CT molecular complexity index is 856. The van der Waals surface area contributed by atoms with Crippen molar-refractivity contribution >= 4 is 23.2 Å². The summed E-state index contributed by atoms with van der Waals surface area (Å²) in [5.74, 6) is -0.420. The summed E-state index contributed by atoms with van der Waals surface area (Å²) in [6.45, 7) is 1.68. The van der Waals surface area contributed by atoms with Crippen molar-refractivity contribution in [3.63, 3.8) is 0 Å². The Hall–Kier alpha value is -2.45. The number of carbonyl (C=O) groups excluding carboxylic acids is 2. The summed E-state index contributed by atoms with van der Waals surface area (Å²) in [4.78, 5) is 32.8. The first-order chi connectivity index (χ1) is 13.0. The first-order valence-corrected chi connectivity index (χ1v) is 9.80. The van der Waals surface area contributed by atoms with Gasteiger partial charge in [0.1, 0.15) is 5.75 Å². The molecule has 0 aliphatic carbocycles. The largest absolute Gasteiger partial charge is 0.505 e. The number of aromatic nitrogens is 1. The predicted molar refractivity (Wildman–Crippen MR) is 99.4 cm³/mol. The van der Waals surface area contributed by atoms with Crippen molar-refractivity contribution < 1.29 is 19.8 Å². The number of carbonyl (C=O) groups is 2. The van der Waals surface area contributed by atoms with Crippen LogP contribution >= 0.6 is 11.3 Å². The standard InChI is InChI=1S/C19H21N3O4S/c23-12-19-10-21(16(25)6-13-3-5-27-9-13)7-14(19)8-22(11-19)18(26)17-15(24)2-1-4-20-17/h1-5,9,14,23-24H,6-8,10-12H2. The van der Waals surface area contributed by atoms with E-state index in [1.165, 1.54) is 12.3 Å². The number of amides is 2. The number of nitrogens with zero attached hydrogens (tertiary/aromatic N) is 3. The maximum absolute atomic E-state index is 12.7. The van der Waals surface area contributed by atoms with E-state index >= 15 is 0 Å². The number of pyridine rings is 1. The number of fused-ring (bicyclic) bond motifs is 1. The molecular formula is C19H21N3O4S. The molecule has 0 aromatic carbocycles. The van der Waals surface area contributed by atoms with Gasteiger partial charge in [0.15, 0.2) is 5.69 Å². The van der Waals surface area contributed by atoms with Crippen molar-refractivity contribution in [3.05, 3.63) is 46.4 Å². The van der Waals surface area contributed by atoms with Gasteiger partial charge in [0.25, 0.3) is 5.91 Å². The summed E-state index contributed by atoms with van der Waals surface area (Å²) in [6.07, 6.45) is 1.83. The lowest BCUT2D eigenvalue weighted by Crippen LogP contribution is -2.41. The molecule has 2 unspecified atom stereocenters. The Labute approximate surface area is 160 Å². The molecule has 2 atom stereocenters. The highest BCUT2D eigenvalue weighted by Crippen LogP contribution is 2.43. The van der Waals surface area contributed by atoms with Crippen molar-refractivity contribution in [1.29, 1.82) is 0 Å². The molecule has 2 aliphatic rings. The second-order valence-corrected chi connectivity index (χ2v) is 8.14. The summed E-state index contributed by atoms with van der Waals surface area (Å²) in [7, 11) is 0. The molecular weight excluding hydrogens is 366 g/mol. The quantitative estimate of drug-likeness (QED) is 0.816. The fourth-order valence-electron chi connectivity index (χ4n) is 4.14. The van der Waals surface area contributed by atoms with E-state index < -0.39 is 5.41 Å². The predicted octanol–water partition coefficient (Wildman–Crippen LogP) is 0.984. The van der Waals surface area contributed by atoms with E-state index in [4.69, 9.17) is 0 Å². The summed E-state index contributed by atoms with van der Waals surface area (Å²) < 4.78 is 0. The van der Waals surface area contributed by atoms with Gasteiger partial charge < -0.3 is 20.0 Å². The van der Waals surface area contributed by atoms with Gasteiger partial charge in [-0.15, -0.1) is 0 Å². The van der Waals surface area contributed by atoms with Crippen LogP contribution in [0.2, 0.25) is 0 Å². The van der Waals surface area contributed by atoms with Gasteiger partial charge in [-0.05, 0) is 34.5 Å². The number of hydrogen-bond donors (Lipinski definition) is 2. The third-order valence-electron chi connectivity index (χ3n) is 5.64. The molecule has 4 rings (SSSR count). The van der Waals surface area contributed by atoms with E-state index in [1.807, 2.05) is 16.8 Å². The molecule has 2 amide bonds. The first kappa shape index (κ1) is 17.9. The number of aliphatic hydroxyl groups excluding tert-OH is 1. The van der Waals surface area contributed by atoms with Crippen LogP contribution < -0.4 is 0 Å². The van der Waals surface area contributed by atoms with Crippen molar-refractivity contribution in [2.45, 2.75) is 6.42 Å². The minimum absolute atomic E-state index is 0.0173. The fraction of sp³-hybridized carbons (Fsp3) is 0.421. The van der Waals surface area contributed by atoms with Gasteiger partial charge in [-0.2, -0.15) is 11.3 Å². The smallest absolute Gasteiger partial charge is 0.276 e. The second-order valence-electron chi connectivity index (χ2n) is 7.36. The van der Waals surface area contributed by atoms with Crippen LogP contribution in [0.15, 0.2) is 35.2 Å². The Kier molecular flexibility index (Phi) is 4.61. The molecule has 0 bridgehead atoms. The topological polar surface area (TPSA) is 94.0 Å². The number of aliphatic hydroxyl groups is 1. The lowest BCUT2D eigenvalue weighted by molar-refractivity contribution is -0.130. The molecule has 27 heavy (non-hydrogen) atoms. The normalized spacial score (nSPS) is 24.3.